The Labute approximate surface area is 198 Å². The number of carbonyl (C=O) groups excluding carboxylic acids is 1. The number of hydrogen-bond acceptors (Lipinski definition) is 6. The highest BCUT2D eigenvalue weighted by Crippen LogP contribution is 2.30. The quantitative estimate of drug-likeness (QED) is 0.508. The molecule has 33 heavy (non-hydrogen) atoms. The minimum atomic E-state index is -3.83. The SMILES string of the molecule is CC(=O)Nc1ccc(S(=O)(=O)N(Cc2nc(-c3ccc(Cl)cc3)no2)C2CCCCC2)cc1. The Bertz CT molecular complexity index is 1200. The fourth-order valence-corrected chi connectivity index (χ4v) is 5.76. The third-order valence-corrected chi connectivity index (χ3v) is 7.79. The maximum Gasteiger partial charge on any atom is 0.243 e. The van der Waals surface area contributed by atoms with Gasteiger partial charge in [-0.1, -0.05) is 36.0 Å². The molecule has 2 aromatic carbocycles. The van der Waals surface area contributed by atoms with Gasteiger partial charge in [-0.25, -0.2) is 8.42 Å². The summed E-state index contributed by atoms with van der Waals surface area (Å²) in [5.74, 6) is 0.383. The van der Waals surface area contributed by atoms with Gasteiger partial charge in [0.15, 0.2) is 0 Å². The van der Waals surface area contributed by atoms with Crippen LogP contribution in [0.4, 0.5) is 5.69 Å². The maximum atomic E-state index is 13.6. The smallest absolute Gasteiger partial charge is 0.243 e. The summed E-state index contributed by atoms with van der Waals surface area (Å²) in [7, 11) is -3.83. The summed E-state index contributed by atoms with van der Waals surface area (Å²) in [6.45, 7) is 1.39. The van der Waals surface area contributed by atoms with Gasteiger partial charge in [-0.15, -0.1) is 0 Å². The fraction of sp³-hybridized carbons (Fsp3) is 0.348. The van der Waals surface area contributed by atoms with Crippen molar-refractivity contribution in [3.8, 4) is 11.4 Å². The molecule has 0 saturated heterocycles. The first-order chi connectivity index (χ1) is 15.8. The van der Waals surface area contributed by atoms with Crippen molar-refractivity contribution < 1.29 is 17.7 Å². The first kappa shape index (κ1) is 23.4. The van der Waals surface area contributed by atoms with E-state index in [0.29, 0.717) is 16.5 Å². The van der Waals surface area contributed by atoms with E-state index in [9.17, 15) is 13.2 Å². The fourth-order valence-electron chi connectivity index (χ4n) is 4.00. The van der Waals surface area contributed by atoms with Crippen LogP contribution < -0.4 is 5.32 Å². The van der Waals surface area contributed by atoms with Crippen molar-refractivity contribution in [2.45, 2.75) is 56.5 Å². The van der Waals surface area contributed by atoms with E-state index in [2.05, 4.69) is 15.5 Å². The average Bonchev–Trinajstić information content (AvgIpc) is 3.27. The number of sulfonamides is 1. The monoisotopic (exact) mass is 488 g/mol. The molecule has 1 aliphatic rings. The number of benzene rings is 2. The second-order valence-electron chi connectivity index (χ2n) is 8.07. The van der Waals surface area contributed by atoms with Gasteiger partial charge in [-0.05, 0) is 61.4 Å². The Morgan fingerprint density at radius 3 is 2.39 bits per heavy atom. The molecule has 1 saturated carbocycles. The van der Waals surface area contributed by atoms with Crippen molar-refractivity contribution in [3.05, 3.63) is 59.4 Å². The summed E-state index contributed by atoms with van der Waals surface area (Å²) in [5, 5.41) is 7.26. The van der Waals surface area contributed by atoms with Crippen LogP contribution in [0.25, 0.3) is 11.4 Å². The van der Waals surface area contributed by atoms with Crippen molar-refractivity contribution in [2.24, 2.45) is 0 Å². The number of halogens is 1. The van der Waals surface area contributed by atoms with Gasteiger partial charge in [0.1, 0.15) is 0 Å². The Kier molecular flexibility index (Phi) is 7.11. The topological polar surface area (TPSA) is 105 Å². The predicted molar refractivity (Wildman–Crippen MR) is 125 cm³/mol. The molecule has 1 N–H and O–H groups in total. The predicted octanol–water partition coefficient (Wildman–Crippen LogP) is 4.87. The molecule has 1 aliphatic carbocycles. The lowest BCUT2D eigenvalue weighted by atomic mass is 9.95. The molecule has 174 valence electrons. The van der Waals surface area contributed by atoms with E-state index in [-0.39, 0.29) is 29.3 Å². The number of rotatable bonds is 7. The van der Waals surface area contributed by atoms with E-state index < -0.39 is 10.0 Å². The minimum absolute atomic E-state index is 0.0129. The molecule has 1 heterocycles. The van der Waals surface area contributed by atoms with Crippen LogP contribution in [0.1, 0.15) is 44.9 Å². The number of nitrogens with zero attached hydrogens (tertiary/aromatic N) is 3. The van der Waals surface area contributed by atoms with Crippen molar-refractivity contribution in [3.63, 3.8) is 0 Å². The van der Waals surface area contributed by atoms with Gasteiger partial charge in [-0.2, -0.15) is 9.29 Å². The molecule has 1 aromatic heterocycles. The standard InChI is InChI=1S/C23H25ClN4O4S/c1-16(29)25-19-11-13-21(14-12-19)33(30,31)28(20-5-3-2-4-6-20)15-22-26-23(27-32-22)17-7-9-18(24)10-8-17/h7-14,20H,2-6,15H2,1H3,(H,25,29). The Balaban J connectivity index is 1.61. The number of aromatic nitrogens is 2. The normalized spacial score (nSPS) is 15.0. The van der Waals surface area contributed by atoms with E-state index >= 15 is 0 Å². The highest BCUT2D eigenvalue weighted by molar-refractivity contribution is 7.89. The first-order valence-electron chi connectivity index (χ1n) is 10.8. The van der Waals surface area contributed by atoms with Gasteiger partial charge < -0.3 is 9.84 Å². The largest absolute Gasteiger partial charge is 0.338 e. The second kappa shape index (κ2) is 10.0. The van der Waals surface area contributed by atoms with Gasteiger partial charge in [0.2, 0.25) is 27.6 Å². The molecular formula is C23H25ClN4O4S. The van der Waals surface area contributed by atoms with E-state index in [0.717, 1.165) is 37.7 Å². The molecule has 0 atom stereocenters. The zero-order chi connectivity index (χ0) is 23.4. The van der Waals surface area contributed by atoms with Gasteiger partial charge in [0, 0.05) is 29.2 Å². The Hall–Kier alpha value is -2.75. The lowest BCUT2D eigenvalue weighted by Gasteiger charge is -2.32. The van der Waals surface area contributed by atoms with Crippen molar-refractivity contribution >= 4 is 33.2 Å². The van der Waals surface area contributed by atoms with Crippen molar-refractivity contribution in [2.75, 3.05) is 5.32 Å². The molecule has 0 spiro atoms. The highest BCUT2D eigenvalue weighted by Gasteiger charge is 2.34. The third kappa shape index (κ3) is 5.61. The third-order valence-electron chi connectivity index (χ3n) is 5.62. The van der Waals surface area contributed by atoms with E-state index in [1.807, 2.05) is 0 Å². The zero-order valence-electron chi connectivity index (χ0n) is 18.2. The lowest BCUT2D eigenvalue weighted by Crippen LogP contribution is -2.41. The first-order valence-corrected chi connectivity index (χ1v) is 12.6. The number of nitrogens with one attached hydrogen (secondary N) is 1. The highest BCUT2D eigenvalue weighted by atomic mass is 35.5. The van der Waals surface area contributed by atoms with E-state index in [4.69, 9.17) is 16.1 Å². The van der Waals surface area contributed by atoms with Crippen LogP contribution in [0.15, 0.2) is 57.9 Å². The Morgan fingerprint density at radius 2 is 1.76 bits per heavy atom. The molecule has 1 fully saturated rings. The van der Waals surface area contributed by atoms with Gasteiger partial charge in [0.05, 0.1) is 11.4 Å². The molecule has 0 bridgehead atoms. The molecular weight excluding hydrogens is 464 g/mol. The van der Waals surface area contributed by atoms with Crippen LogP contribution in [0.3, 0.4) is 0 Å². The summed E-state index contributed by atoms with van der Waals surface area (Å²) in [5.41, 5.74) is 1.27. The molecule has 4 rings (SSSR count). The molecule has 1 amide bonds. The van der Waals surface area contributed by atoms with Gasteiger partial charge >= 0.3 is 0 Å². The summed E-state index contributed by atoms with van der Waals surface area (Å²) in [4.78, 5) is 15.8. The molecule has 3 aromatic rings. The average molecular weight is 489 g/mol. The maximum absolute atomic E-state index is 13.6. The van der Waals surface area contributed by atoms with Crippen molar-refractivity contribution in [1.82, 2.24) is 14.4 Å². The van der Waals surface area contributed by atoms with Gasteiger partial charge in [0.25, 0.3) is 0 Å². The minimum Gasteiger partial charge on any atom is -0.338 e. The number of hydrogen-bond donors (Lipinski definition) is 1. The molecule has 8 nitrogen and oxygen atoms in total. The zero-order valence-corrected chi connectivity index (χ0v) is 19.8. The van der Waals surface area contributed by atoms with Crippen LogP contribution in [-0.4, -0.2) is 34.8 Å². The molecule has 0 aliphatic heterocycles. The second-order valence-corrected chi connectivity index (χ2v) is 10.4. The van der Waals surface area contributed by atoms with E-state index in [1.54, 1.807) is 36.4 Å². The van der Waals surface area contributed by atoms with Crippen LogP contribution in [-0.2, 0) is 21.4 Å². The van der Waals surface area contributed by atoms with Crippen LogP contribution in [0.5, 0.6) is 0 Å². The molecule has 10 heteroatoms. The van der Waals surface area contributed by atoms with Crippen LogP contribution >= 0.6 is 11.6 Å². The molecule has 0 unspecified atom stereocenters. The number of amides is 1. The number of carbonyl (C=O) groups is 1. The van der Waals surface area contributed by atoms with Gasteiger partial charge in [-0.3, -0.25) is 4.79 Å². The molecule has 0 radical (unpaired) electrons. The summed E-state index contributed by atoms with van der Waals surface area (Å²) in [6.07, 6.45) is 4.59. The summed E-state index contributed by atoms with van der Waals surface area (Å²) >= 11 is 5.94. The van der Waals surface area contributed by atoms with Crippen LogP contribution in [0.2, 0.25) is 5.02 Å². The van der Waals surface area contributed by atoms with Crippen LogP contribution in [0, 0.1) is 0 Å². The lowest BCUT2D eigenvalue weighted by molar-refractivity contribution is -0.114. The summed E-state index contributed by atoms with van der Waals surface area (Å²) < 4.78 is 34.1. The Morgan fingerprint density at radius 1 is 1.09 bits per heavy atom. The summed E-state index contributed by atoms with van der Waals surface area (Å²) in [6, 6.07) is 13.0. The number of anilines is 1. The van der Waals surface area contributed by atoms with Crippen molar-refractivity contribution in [1.29, 1.82) is 0 Å². The van der Waals surface area contributed by atoms with E-state index in [1.165, 1.54) is 23.4 Å².